The first-order valence-corrected chi connectivity index (χ1v) is 7.10. The SMILES string of the molecule is O=C(O)CC/C(=N\O)c1ccc(NC(=O)c2ccccc2F)cc1. The number of carboxylic acid groups (broad SMARTS) is 1. The Morgan fingerprint density at radius 1 is 1.04 bits per heavy atom. The number of halogens is 1. The van der Waals surface area contributed by atoms with E-state index in [9.17, 15) is 14.0 Å². The van der Waals surface area contributed by atoms with Crippen LogP contribution in [-0.2, 0) is 4.79 Å². The maximum absolute atomic E-state index is 13.6. The van der Waals surface area contributed by atoms with Crippen molar-refractivity contribution in [1.82, 2.24) is 0 Å². The monoisotopic (exact) mass is 330 g/mol. The van der Waals surface area contributed by atoms with Crippen molar-refractivity contribution in [3.63, 3.8) is 0 Å². The van der Waals surface area contributed by atoms with Crippen LogP contribution in [0.25, 0.3) is 0 Å². The van der Waals surface area contributed by atoms with Crippen molar-refractivity contribution in [1.29, 1.82) is 0 Å². The number of nitrogens with zero attached hydrogens (tertiary/aromatic N) is 1. The molecule has 2 aromatic rings. The van der Waals surface area contributed by atoms with E-state index in [1.807, 2.05) is 0 Å². The highest BCUT2D eigenvalue weighted by molar-refractivity contribution is 6.05. The van der Waals surface area contributed by atoms with Gasteiger partial charge in [0.15, 0.2) is 0 Å². The van der Waals surface area contributed by atoms with Gasteiger partial charge in [0.25, 0.3) is 5.91 Å². The molecule has 6 nitrogen and oxygen atoms in total. The van der Waals surface area contributed by atoms with Crippen molar-refractivity contribution < 1.29 is 24.3 Å². The molecule has 124 valence electrons. The summed E-state index contributed by atoms with van der Waals surface area (Å²) in [6.07, 6.45) is -0.0854. The number of amides is 1. The van der Waals surface area contributed by atoms with Crippen LogP contribution < -0.4 is 5.32 Å². The molecule has 0 aliphatic carbocycles. The van der Waals surface area contributed by atoms with Crippen LogP contribution in [0.2, 0.25) is 0 Å². The number of hydrogen-bond acceptors (Lipinski definition) is 4. The summed E-state index contributed by atoms with van der Waals surface area (Å²) >= 11 is 0. The summed E-state index contributed by atoms with van der Waals surface area (Å²) in [6.45, 7) is 0. The normalized spacial score (nSPS) is 11.1. The molecule has 0 fully saturated rings. The molecule has 0 aliphatic heterocycles. The van der Waals surface area contributed by atoms with Gasteiger partial charge in [0.1, 0.15) is 5.82 Å². The number of nitrogens with one attached hydrogen (secondary N) is 1. The molecule has 0 aromatic heterocycles. The van der Waals surface area contributed by atoms with Crippen LogP contribution in [0.4, 0.5) is 10.1 Å². The zero-order valence-corrected chi connectivity index (χ0v) is 12.6. The van der Waals surface area contributed by atoms with E-state index in [4.69, 9.17) is 10.3 Å². The average molecular weight is 330 g/mol. The Kier molecular flexibility index (Phi) is 5.62. The zero-order valence-electron chi connectivity index (χ0n) is 12.6. The van der Waals surface area contributed by atoms with Crippen LogP contribution in [0.1, 0.15) is 28.8 Å². The molecule has 0 radical (unpaired) electrons. The number of oxime groups is 1. The van der Waals surface area contributed by atoms with Gasteiger partial charge in [0.05, 0.1) is 17.7 Å². The Bertz CT molecular complexity index is 772. The van der Waals surface area contributed by atoms with E-state index < -0.39 is 17.7 Å². The van der Waals surface area contributed by atoms with E-state index in [2.05, 4.69) is 10.5 Å². The highest BCUT2D eigenvalue weighted by Crippen LogP contribution is 2.15. The lowest BCUT2D eigenvalue weighted by molar-refractivity contribution is -0.136. The molecular weight excluding hydrogens is 315 g/mol. The molecule has 0 saturated heterocycles. The van der Waals surface area contributed by atoms with E-state index in [-0.39, 0.29) is 24.1 Å². The third-order valence-corrected chi connectivity index (χ3v) is 3.29. The van der Waals surface area contributed by atoms with Crippen molar-refractivity contribution in [2.75, 3.05) is 5.32 Å². The number of benzene rings is 2. The highest BCUT2D eigenvalue weighted by atomic mass is 19.1. The van der Waals surface area contributed by atoms with Crippen LogP contribution in [0.5, 0.6) is 0 Å². The number of carboxylic acids is 1. The van der Waals surface area contributed by atoms with Gasteiger partial charge in [0, 0.05) is 12.1 Å². The average Bonchev–Trinajstić information content (AvgIpc) is 2.57. The van der Waals surface area contributed by atoms with Gasteiger partial charge in [-0.1, -0.05) is 29.4 Å². The van der Waals surface area contributed by atoms with Crippen molar-refractivity contribution in [3.8, 4) is 0 Å². The second-order valence-electron chi connectivity index (χ2n) is 4.95. The molecule has 1 amide bonds. The molecule has 0 atom stereocenters. The lowest BCUT2D eigenvalue weighted by atomic mass is 10.1. The molecule has 0 heterocycles. The zero-order chi connectivity index (χ0) is 17.5. The van der Waals surface area contributed by atoms with E-state index in [0.717, 1.165) is 0 Å². The van der Waals surface area contributed by atoms with Crippen LogP contribution >= 0.6 is 0 Å². The van der Waals surface area contributed by atoms with Gasteiger partial charge in [0.2, 0.25) is 0 Å². The molecule has 2 aromatic carbocycles. The molecule has 24 heavy (non-hydrogen) atoms. The standard InChI is InChI=1S/C17H15FN2O4/c18-14-4-2-1-3-13(14)17(23)19-12-7-5-11(6-8-12)15(20-24)9-10-16(21)22/h1-8,24H,9-10H2,(H,19,23)(H,21,22)/b20-15+. The Morgan fingerprint density at radius 2 is 1.71 bits per heavy atom. The lowest BCUT2D eigenvalue weighted by Crippen LogP contribution is -2.13. The number of aliphatic carboxylic acids is 1. The summed E-state index contributed by atoms with van der Waals surface area (Å²) < 4.78 is 13.6. The van der Waals surface area contributed by atoms with Crippen LogP contribution in [0, 0.1) is 5.82 Å². The maximum atomic E-state index is 13.6. The molecule has 0 saturated carbocycles. The van der Waals surface area contributed by atoms with Gasteiger partial charge in [-0.3, -0.25) is 9.59 Å². The van der Waals surface area contributed by atoms with Gasteiger partial charge in [-0.15, -0.1) is 0 Å². The second kappa shape index (κ2) is 7.87. The predicted octanol–water partition coefficient (Wildman–Crippen LogP) is 3.12. The fourth-order valence-corrected chi connectivity index (χ4v) is 2.07. The first kappa shape index (κ1) is 17.1. The quantitative estimate of drug-likeness (QED) is 0.430. The Labute approximate surface area is 137 Å². The lowest BCUT2D eigenvalue weighted by Gasteiger charge is -2.08. The highest BCUT2D eigenvalue weighted by Gasteiger charge is 2.12. The van der Waals surface area contributed by atoms with Gasteiger partial charge >= 0.3 is 5.97 Å². The summed E-state index contributed by atoms with van der Waals surface area (Å²) in [5.74, 6) is -2.19. The van der Waals surface area contributed by atoms with Crippen molar-refractivity contribution in [3.05, 3.63) is 65.5 Å². The summed E-state index contributed by atoms with van der Waals surface area (Å²) in [4.78, 5) is 22.6. The van der Waals surface area contributed by atoms with Gasteiger partial charge in [-0.2, -0.15) is 0 Å². The molecule has 7 heteroatoms. The summed E-state index contributed by atoms with van der Waals surface area (Å²) in [5.41, 5.74) is 1.12. The fourth-order valence-electron chi connectivity index (χ4n) is 2.07. The summed E-state index contributed by atoms with van der Waals surface area (Å²) in [7, 11) is 0. The second-order valence-corrected chi connectivity index (χ2v) is 4.95. The maximum Gasteiger partial charge on any atom is 0.303 e. The first-order valence-electron chi connectivity index (χ1n) is 7.10. The minimum Gasteiger partial charge on any atom is -0.481 e. The molecule has 2 rings (SSSR count). The number of hydrogen-bond donors (Lipinski definition) is 3. The van der Waals surface area contributed by atoms with E-state index in [1.54, 1.807) is 30.3 Å². The number of rotatable bonds is 6. The van der Waals surface area contributed by atoms with Gasteiger partial charge < -0.3 is 15.6 Å². The third kappa shape index (κ3) is 4.39. The van der Waals surface area contributed by atoms with E-state index in [0.29, 0.717) is 11.3 Å². The molecule has 0 bridgehead atoms. The number of carbonyl (C=O) groups excluding carboxylic acids is 1. The third-order valence-electron chi connectivity index (χ3n) is 3.29. The minimum atomic E-state index is -0.995. The van der Waals surface area contributed by atoms with Crippen LogP contribution in [0.3, 0.4) is 0 Å². The number of anilines is 1. The number of carbonyl (C=O) groups is 2. The van der Waals surface area contributed by atoms with Crippen LogP contribution in [-0.4, -0.2) is 27.9 Å². The Balaban J connectivity index is 2.08. The topological polar surface area (TPSA) is 99.0 Å². The van der Waals surface area contributed by atoms with Crippen molar-refractivity contribution in [2.24, 2.45) is 5.16 Å². The van der Waals surface area contributed by atoms with Crippen molar-refractivity contribution in [2.45, 2.75) is 12.8 Å². The van der Waals surface area contributed by atoms with Gasteiger partial charge in [-0.25, -0.2) is 4.39 Å². The smallest absolute Gasteiger partial charge is 0.303 e. The van der Waals surface area contributed by atoms with Crippen molar-refractivity contribution >= 4 is 23.3 Å². The summed E-state index contributed by atoms with van der Waals surface area (Å²) in [6, 6.07) is 11.9. The molecule has 0 spiro atoms. The molecule has 0 aliphatic rings. The largest absolute Gasteiger partial charge is 0.481 e. The molecule has 3 N–H and O–H groups in total. The van der Waals surface area contributed by atoms with Crippen LogP contribution in [0.15, 0.2) is 53.7 Å². The Morgan fingerprint density at radius 3 is 2.29 bits per heavy atom. The predicted molar refractivity (Wildman–Crippen MR) is 86.0 cm³/mol. The molecule has 0 unspecified atom stereocenters. The Hall–Kier alpha value is -3.22. The molecular formula is C17H15FN2O4. The minimum absolute atomic E-state index is 0.0688. The first-order chi connectivity index (χ1) is 11.5. The fraction of sp³-hybridized carbons (Fsp3) is 0.118. The summed E-state index contributed by atoms with van der Waals surface area (Å²) in [5, 5.41) is 23.3. The van der Waals surface area contributed by atoms with Gasteiger partial charge in [-0.05, 0) is 29.8 Å². The van der Waals surface area contributed by atoms with E-state index in [1.165, 1.54) is 18.2 Å². The van der Waals surface area contributed by atoms with E-state index >= 15 is 0 Å².